The normalized spacial score (nSPS) is 22.9. The van der Waals surface area contributed by atoms with Crippen LogP contribution in [0.3, 0.4) is 0 Å². The van der Waals surface area contributed by atoms with Crippen molar-refractivity contribution in [3.63, 3.8) is 0 Å². The minimum Gasteiger partial charge on any atom is -0.444 e. The molecule has 8 nitrogen and oxygen atoms in total. The van der Waals surface area contributed by atoms with Crippen molar-refractivity contribution in [3.8, 4) is 0 Å². The molecule has 0 saturated carbocycles. The Morgan fingerprint density at radius 2 is 1.87 bits per heavy atom. The maximum Gasteiger partial charge on any atom is 0.410 e. The highest BCUT2D eigenvalue weighted by Crippen LogP contribution is 2.42. The molecule has 3 aliphatic heterocycles. The van der Waals surface area contributed by atoms with Gasteiger partial charge in [0.2, 0.25) is 5.28 Å². The summed E-state index contributed by atoms with van der Waals surface area (Å²) in [6.07, 6.45) is 0.677. The van der Waals surface area contributed by atoms with Crippen molar-refractivity contribution >= 4 is 35.3 Å². The highest BCUT2D eigenvalue weighted by atomic mass is 35.5. The third kappa shape index (κ3) is 5.30. The molecule has 0 aromatic carbocycles. The van der Waals surface area contributed by atoms with Gasteiger partial charge >= 0.3 is 6.09 Å². The summed E-state index contributed by atoms with van der Waals surface area (Å²) in [4.78, 5) is 29.0. The van der Waals surface area contributed by atoms with Crippen LogP contribution in [0, 0.1) is 0 Å². The predicted molar refractivity (Wildman–Crippen MR) is 118 cm³/mol. The zero-order valence-corrected chi connectivity index (χ0v) is 19.5. The number of amides is 1. The number of carbonyl (C=O) groups excluding carboxylic acids is 1. The first-order valence-corrected chi connectivity index (χ1v) is 11.8. The van der Waals surface area contributed by atoms with E-state index in [1.54, 1.807) is 4.90 Å². The van der Waals surface area contributed by atoms with E-state index in [1.165, 1.54) is 4.90 Å². The van der Waals surface area contributed by atoms with Gasteiger partial charge in [-0.2, -0.15) is 4.98 Å². The lowest BCUT2D eigenvalue weighted by Crippen LogP contribution is -2.51. The van der Waals surface area contributed by atoms with Gasteiger partial charge < -0.3 is 19.3 Å². The third-order valence-electron chi connectivity index (χ3n) is 5.39. The number of halogens is 1. The Hall–Kier alpha value is -1.29. The summed E-state index contributed by atoms with van der Waals surface area (Å²) in [7, 11) is 0. The molecule has 0 aliphatic carbocycles. The molecule has 2 saturated heterocycles. The van der Waals surface area contributed by atoms with Crippen LogP contribution >= 0.6 is 23.4 Å². The summed E-state index contributed by atoms with van der Waals surface area (Å²) >= 11 is 8.09. The molecule has 30 heavy (non-hydrogen) atoms. The fraction of sp³-hybridized carbons (Fsp3) is 0.750. The van der Waals surface area contributed by atoms with Gasteiger partial charge in [0.1, 0.15) is 11.4 Å². The molecule has 3 aliphatic rings. The number of nitrogens with zero attached hydrogens (tertiary/aromatic N) is 5. The summed E-state index contributed by atoms with van der Waals surface area (Å²) in [6.45, 7) is 12.9. The van der Waals surface area contributed by atoms with Crippen LogP contribution in [0.1, 0.15) is 26.5 Å². The van der Waals surface area contributed by atoms with Crippen LogP contribution in [0.4, 0.5) is 10.6 Å². The molecular formula is C20H30ClN5O3S. The minimum absolute atomic E-state index is 0.218. The smallest absolute Gasteiger partial charge is 0.410 e. The first-order chi connectivity index (χ1) is 14.3. The summed E-state index contributed by atoms with van der Waals surface area (Å²) in [5, 5.41) is 0.739. The molecule has 166 valence electrons. The number of anilines is 1. The lowest BCUT2D eigenvalue weighted by Gasteiger charge is -2.36. The quantitative estimate of drug-likeness (QED) is 0.644. The van der Waals surface area contributed by atoms with Gasteiger partial charge in [-0.25, -0.2) is 9.78 Å². The predicted octanol–water partition coefficient (Wildman–Crippen LogP) is 2.54. The van der Waals surface area contributed by atoms with E-state index >= 15 is 0 Å². The Kier molecular flexibility index (Phi) is 6.62. The Labute approximate surface area is 187 Å². The average Bonchev–Trinajstić information content (AvgIpc) is 3.09. The topological polar surface area (TPSA) is 71.0 Å². The second-order valence-electron chi connectivity index (χ2n) is 8.90. The highest BCUT2D eigenvalue weighted by molar-refractivity contribution is 8.00. The Bertz CT molecular complexity index is 776. The third-order valence-corrected chi connectivity index (χ3v) is 6.86. The molecule has 2 fully saturated rings. The van der Waals surface area contributed by atoms with Crippen LogP contribution in [0.15, 0.2) is 4.90 Å². The summed E-state index contributed by atoms with van der Waals surface area (Å²) in [5.41, 5.74) is 0.597. The molecule has 1 atom stereocenters. The first kappa shape index (κ1) is 21.9. The number of aromatic nitrogens is 2. The Morgan fingerprint density at radius 1 is 1.17 bits per heavy atom. The van der Waals surface area contributed by atoms with Crippen molar-refractivity contribution < 1.29 is 14.3 Å². The zero-order valence-electron chi connectivity index (χ0n) is 17.9. The van der Waals surface area contributed by atoms with E-state index < -0.39 is 5.60 Å². The molecule has 0 bridgehead atoms. The number of hydrogen-bond donors (Lipinski definition) is 0. The van der Waals surface area contributed by atoms with Gasteiger partial charge in [-0.3, -0.25) is 4.90 Å². The van der Waals surface area contributed by atoms with E-state index in [0.717, 1.165) is 50.7 Å². The standard InChI is InChI=1S/C20H30ClN5O3S/c1-20(2,3)29-19(27)26-6-4-24(5-7-26)13-14-12-15-16(30-14)17(23-18(21)22-15)25-8-10-28-11-9-25/h14H,4-13H2,1-3H3. The van der Waals surface area contributed by atoms with Crippen LogP contribution in [0.25, 0.3) is 0 Å². The van der Waals surface area contributed by atoms with E-state index in [9.17, 15) is 4.79 Å². The maximum atomic E-state index is 12.3. The second-order valence-corrected chi connectivity index (χ2v) is 10.6. The van der Waals surface area contributed by atoms with Gasteiger partial charge in [-0.1, -0.05) is 0 Å². The molecule has 1 aromatic heterocycles. The largest absolute Gasteiger partial charge is 0.444 e. The van der Waals surface area contributed by atoms with Crippen LogP contribution in [0.5, 0.6) is 0 Å². The Morgan fingerprint density at radius 3 is 2.53 bits per heavy atom. The lowest BCUT2D eigenvalue weighted by molar-refractivity contribution is 0.0146. The summed E-state index contributed by atoms with van der Waals surface area (Å²) in [6, 6.07) is 0. The molecule has 0 spiro atoms. The number of fused-ring (bicyclic) bond motifs is 1. The van der Waals surface area contributed by atoms with Crippen molar-refractivity contribution in [1.29, 1.82) is 0 Å². The number of hydrogen-bond acceptors (Lipinski definition) is 8. The lowest BCUT2D eigenvalue weighted by atomic mass is 10.2. The number of thioether (sulfide) groups is 1. The van der Waals surface area contributed by atoms with Crippen molar-refractivity contribution in [3.05, 3.63) is 11.0 Å². The minimum atomic E-state index is -0.457. The number of rotatable bonds is 3. The molecule has 0 radical (unpaired) electrons. The van der Waals surface area contributed by atoms with E-state index in [4.69, 9.17) is 21.1 Å². The molecule has 1 amide bonds. The maximum absolute atomic E-state index is 12.3. The first-order valence-electron chi connectivity index (χ1n) is 10.5. The molecule has 4 heterocycles. The number of piperazine rings is 1. The molecule has 0 N–H and O–H groups in total. The van der Waals surface area contributed by atoms with E-state index in [1.807, 2.05) is 32.5 Å². The van der Waals surface area contributed by atoms with Crippen molar-refractivity contribution in [2.45, 2.75) is 42.9 Å². The van der Waals surface area contributed by atoms with Crippen LogP contribution in [-0.2, 0) is 15.9 Å². The van der Waals surface area contributed by atoms with Gasteiger partial charge in [0.05, 0.1) is 23.8 Å². The number of morpholine rings is 1. The fourth-order valence-corrected chi connectivity index (χ4v) is 5.54. The van der Waals surface area contributed by atoms with Crippen LogP contribution < -0.4 is 4.90 Å². The Balaban J connectivity index is 1.33. The van der Waals surface area contributed by atoms with Crippen molar-refractivity contribution in [1.82, 2.24) is 19.8 Å². The zero-order chi connectivity index (χ0) is 21.3. The molecular weight excluding hydrogens is 426 g/mol. The average molecular weight is 456 g/mol. The van der Waals surface area contributed by atoms with Crippen LogP contribution in [-0.4, -0.2) is 95.7 Å². The van der Waals surface area contributed by atoms with Crippen molar-refractivity contribution in [2.75, 3.05) is 63.9 Å². The van der Waals surface area contributed by atoms with Gasteiger partial charge in [0, 0.05) is 57.5 Å². The number of carbonyl (C=O) groups is 1. The van der Waals surface area contributed by atoms with Crippen LogP contribution in [0.2, 0.25) is 5.28 Å². The van der Waals surface area contributed by atoms with Crippen molar-refractivity contribution in [2.24, 2.45) is 0 Å². The van der Waals surface area contributed by atoms with Gasteiger partial charge in [-0.15, -0.1) is 11.8 Å². The number of ether oxygens (including phenoxy) is 2. The molecule has 1 unspecified atom stereocenters. The van der Waals surface area contributed by atoms with Gasteiger partial charge in [0.25, 0.3) is 0 Å². The monoisotopic (exact) mass is 455 g/mol. The molecule has 4 rings (SSSR count). The summed E-state index contributed by atoms with van der Waals surface area (Å²) in [5.74, 6) is 0.954. The van der Waals surface area contributed by atoms with E-state index in [0.29, 0.717) is 36.8 Å². The SMILES string of the molecule is CC(C)(C)OC(=O)N1CCN(CC2Cc3nc(Cl)nc(N4CCOCC4)c3S2)CC1. The molecule has 1 aromatic rings. The second kappa shape index (κ2) is 9.06. The van der Waals surface area contributed by atoms with Gasteiger partial charge in [-0.05, 0) is 32.4 Å². The molecule has 10 heteroatoms. The van der Waals surface area contributed by atoms with E-state index in [2.05, 4.69) is 19.8 Å². The van der Waals surface area contributed by atoms with Gasteiger partial charge in [0.15, 0.2) is 0 Å². The summed E-state index contributed by atoms with van der Waals surface area (Å²) < 4.78 is 11.0. The fourth-order valence-electron chi connectivity index (χ4n) is 3.96. The highest BCUT2D eigenvalue weighted by Gasteiger charge is 2.33. The van der Waals surface area contributed by atoms with E-state index in [-0.39, 0.29) is 6.09 Å².